The van der Waals surface area contributed by atoms with Crippen LogP contribution in [0.1, 0.15) is 32.2 Å². The first-order valence-corrected chi connectivity index (χ1v) is 7.23. The first-order chi connectivity index (χ1) is 9.11. The van der Waals surface area contributed by atoms with Crippen molar-refractivity contribution in [2.45, 2.75) is 43.5 Å². The van der Waals surface area contributed by atoms with Gasteiger partial charge >= 0.3 is 11.7 Å². The summed E-state index contributed by atoms with van der Waals surface area (Å²) in [5, 5.41) is 16.6. The van der Waals surface area contributed by atoms with E-state index in [0.29, 0.717) is 17.5 Å². The van der Waals surface area contributed by atoms with E-state index in [1.807, 2.05) is 0 Å². The number of nitrogens with zero attached hydrogens (tertiary/aromatic N) is 2. The molecule has 1 aromatic rings. The van der Waals surface area contributed by atoms with Crippen LogP contribution in [0.25, 0.3) is 0 Å². The number of ether oxygens (including phenoxy) is 1. The van der Waals surface area contributed by atoms with Crippen LogP contribution >= 0.6 is 11.8 Å². The molecule has 1 saturated carbocycles. The molecule has 0 aromatic carbocycles. The summed E-state index contributed by atoms with van der Waals surface area (Å²) in [6.45, 7) is 2.02. The molecule has 1 unspecified atom stereocenters. The average molecular weight is 287 g/mol. The number of carbonyl (C=O) groups is 1. The third kappa shape index (κ3) is 3.84. The lowest BCUT2D eigenvalue weighted by atomic mass is 10.3. The summed E-state index contributed by atoms with van der Waals surface area (Å²) in [4.78, 5) is 22.7. The van der Waals surface area contributed by atoms with Crippen molar-refractivity contribution in [3.63, 3.8) is 0 Å². The van der Waals surface area contributed by atoms with Crippen LogP contribution in [0.3, 0.4) is 0 Å². The molecule has 8 heteroatoms. The fraction of sp³-hybridized carbons (Fsp3) is 0.727. The molecule has 1 aliphatic carbocycles. The maximum Gasteiger partial charge on any atom is 0.344 e. The average Bonchev–Trinajstić information content (AvgIpc) is 3.11. The molecule has 1 aromatic heterocycles. The first-order valence-electron chi connectivity index (χ1n) is 6.25. The SMILES string of the molecule is CCOC(=O)CC(O)CSc1n[nH]c(=O)n1C1CC1. The van der Waals surface area contributed by atoms with E-state index >= 15 is 0 Å². The lowest BCUT2D eigenvalue weighted by Crippen LogP contribution is -2.19. The molecule has 1 atom stereocenters. The zero-order chi connectivity index (χ0) is 13.8. The van der Waals surface area contributed by atoms with E-state index in [1.54, 1.807) is 11.5 Å². The molecule has 1 heterocycles. The zero-order valence-corrected chi connectivity index (χ0v) is 11.5. The second-order valence-electron chi connectivity index (χ2n) is 4.39. The number of carbonyl (C=O) groups excluding carboxylic acids is 1. The largest absolute Gasteiger partial charge is 0.466 e. The van der Waals surface area contributed by atoms with Crippen LogP contribution in [0.5, 0.6) is 0 Å². The maximum absolute atomic E-state index is 11.5. The van der Waals surface area contributed by atoms with E-state index in [0.717, 1.165) is 12.8 Å². The summed E-state index contributed by atoms with van der Waals surface area (Å²) in [6.07, 6.45) is 1.12. The Morgan fingerprint density at radius 3 is 3.05 bits per heavy atom. The Morgan fingerprint density at radius 2 is 2.42 bits per heavy atom. The highest BCUT2D eigenvalue weighted by molar-refractivity contribution is 7.99. The Labute approximate surface area is 114 Å². The molecule has 2 rings (SSSR count). The summed E-state index contributed by atoms with van der Waals surface area (Å²) in [5.41, 5.74) is -0.218. The molecule has 2 N–H and O–H groups in total. The van der Waals surface area contributed by atoms with E-state index in [4.69, 9.17) is 4.74 Å². The third-order valence-corrected chi connectivity index (χ3v) is 3.79. The van der Waals surface area contributed by atoms with Gasteiger partial charge in [-0.15, -0.1) is 5.10 Å². The smallest absolute Gasteiger partial charge is 0.344 e. The van der Waals surface area contributed by atoms with Crippen LogP contribution in [-0.4, -0.2) is 44.3 Å². The minimum absolute atomic E-state index is 0.0427. The number of nitrogens with one attached hydrogen (secondary N) is 1. The summed E-state index contributed by atoms with van der Waals surface area (Å²) < 4.78 is 6.37. The second-order valence-corrected chi connectivity index (χ2v) is 5.37. The van der Waals surface area contributed by atoms with Gasteiger partial charge in [-0.3, -0.25) is 9.36 Å². The molecule has 1 aliphatic rings. The Kier molecular flexibility index (Phi) is 4.65. The van der Waals surface area contributed by atoms with Crippen LogP contribution in [-0.2, 0) is 9.53 Å². The third-order valence-electron chi connectivity index (χ3n) is 2.70. The number of aromatic nitrogens is 3. The Morgan fingerprint density at radius 1 is 1.68 bits per heavy atom. The fourth-order valence-corrected chi connectivity index (χ4v) is 2.63. The number of hydrogen-bond acceptors (Lipinski definition) is 6. The molecule has 0 aliphatic heterocycles. The fourth-order valence-electron chi connectivity index (χ4n) is 1.69. The minimum atomic E-state index is -0.802. The van der Waals surface area contributed by atoms with Crippen molar-refractivity contribution in [3.05, 3.63) is 10.5 Å². The number of aliphatic hydroxyl groups excluding tert-OH is 1. The van der Waals surface area contributed by atoms with E-state index in [1.165, 1.54) is 11.8 Å². The van der Waals surface area contributed by atoms with E-state index in [9.17, 15) is 14.7 Å². The number of aliphatic hydroxyl groups is 1. The molecule has 0 radical (unpaired) electrons. The molecular formula is C11H17N3O4S. The number of H-pyrrole nitrogens is 1. The Bertz CT molecular complexity index is 494. The number of aromatic amines is 1. The molecule has 0 bridgehead atoms. The molecule has 1 fully saturated rings. The molecule has 19 heavy (non-hydrogen) atoms. The van der Waals surface area contributed by atoms with Gasteiger partial charge in [0.15, 0.2) is 5.16 Å². The van der Waals surface area contributed by atoms with Gasteiger partial charge in [0.05, 0.1) is 19.1 Å². The predicted molar refractivity (Wildman–Crippen MR) is 69.1 cm³/mol. The molecule has 7 nitrogen and oxygen atoms in total. The van der Waals surface area contributed by atoms with Crippen LogP contribution in [0.2, 0.25) is 0 Å². The Balaban J connectivity index is 1.85. The van der Waals surface area contributed by atoms with Crippen molar-refractivity contribution >= 4 is 17.7 Å². The van der Waals surface area contributed by atoms with Crippen LogP contribution in [0.4, 0.5) is 0 Å². The quantitative estimate of drug-likeness (QED) is 0.553. The van der Waals surface area contributed by atoms with Crippen molar-refractivity contribution < 1.29 is 14.6 Å². The summed E-state index contributed by atoms with van der Waals surface area (Å²) in [6, 6.07) is 0.232. The Hall–Kier alpha value is -1.28. The van der Waals surface area contributed by atoms with Crippen molar-refractivity contribution in [2.75, 3.05) is 12.4 Å². The van der Waals surface area contributed by atoms with Gasteiger partial charge in [-0.1, -0.05) is 11.8 Å². The van der Waals surface area contributed by atoms with Gasteiger partial charge < -0.3 is 9.84 Å². The zero-order valence-electron chi connectivity index (χ0n) is 10.7. The summed E-state index contributed by atoms with van der Waals surface area (Å²) in [5.74, 6) is -0.118. The van der Waals surface area contributed by atoms with Crippen molar-refractivity contribution in [3.8, 4) is 0 Å². The van der Waals surface area contributed by atoms with Gasteiger partial charge in [-0.25, -0.2) is 9.89 Å². The lowest BCUT2D eigenvalue weighted by molar-refractivity contribution is -0.144. The maximum atomic E-state index is 11.5. The van der Waals surface area contributed by atoms with Gasteiger partial charge in [0.25, 0.3) is 0 Å². The standard InChI is InChI=1S/C11H17N3O4S/c1-2-18-9(16)5-8(15)6-19-11-13-12-10(17)14(11)7-3-4-7/h7-8,15H,2-6H2,1H3,(H,12,17). The highest BCUT2D eigenvalue weighted by Gasteiger charge is 2.28. The first kappa shape index (κ1) is 14.1. The molecular weight excluding hydrogens is 270 g/mol. The number of hydrogen-bond donors (Lipinski definition) is 2. The van der Waals surface area contributed by atoms with Crippen molar-refractivity contribution in [1.82, 2.24) is 14.8 Å². The molecule has 0 saturated heterocycles. The van der Waals surface area contributed by atoms with E-state index in [2.05, 4.69) is 10.2 Å². The van der Waals surface area contributed by atoms with E-state index < -0.39 is 12.1 Å². The van der Waals surface area contributed by atoms with Crippen LogP contribution in [0, 0.1) is 0 Å². The van der Waals surface area contributed by atoms with Crippen LogP contribution < -0.4 is 5.69 Å². The predicted octanol–water partition coefficient (Wildman–Crippen LogP) is 0.312. The summed E-state index contributed by atoms with van der Waals surface area (Å²) >= 11 is 1.27. The lowest BCUT2D eigenvalue weighted by Gasteiger charge is -2.09. The van der Waals surface area contributed by atoms with Gasteiger partial charge in [0, 0.05) is 11.8 Å². The van der Waals surface area contributed by atoms with Gasteiger partial charge in [0.1, 0.15) is 0 Å². The number of esters is 1. The molecule has 106 valence electrons. The van der Waals surface area contributed by atoms with Gasteiger partial charge in [-0.2, -0.15) is 0 Å². The topological polar surface area (TPSA) is 97.2 Å². The number of thioether (sulfide) groups is 1. The second kappa shape index (κ2) is 6.25. The highest BCUT2D eigenvalue weighted by Crippen LogP contribution is 2.36. The number of rotatable bonds is 7. The monoisotopic (exact) mass is 287 g/mol. The summed E-state index contributed by atoms with van der Waals surface area (Å²) in [7, 11) is 0. The van der Waals surface area contributed by atoms with Crippen molar-refractivity contribution in [1.29, 1.82) is 0 Å². The normalized spacial score (nSPS) is 16.3. The molecule has 0 amide bonds. The van der Waals surface area contributed by atoms with E-state index in [-0.39, 0.29) is 18.2 Å². The van der Waals surface area contributed by atoms with Crippen LogP contribution in [0.15, 0.2) is 9.95 Å². The van der Waals surface area contributed by atoms with Gasteiger partial charge in [-0.05, 0) is 19.8 Å². The minimum Gasteiger partial charge on any atom is -0.466 e. The molecule has 0 spiro atoms. The van der Waals surface area contributed by atoms with Gasteiger partial charge in [0.2, 0.25) is 0 Å². The highest BCUT2D eigenvalue weighted by atomic mass is 32.2. The van der Waals surface area contributed by atoms with Crippen molar-refractivity contribution in [2.24, 2.45) is 0 Å².